The molecule has 0 fully saturated rings. The van der Waals surface area contributed by atoms with Crippen molar-refractivity contribution in [2.75, 3.05) is 34.9 Å². The third kappa shape index (κ3) is 10.7. The van der Waals surface area contributed by atoms with E-state index in [9.17, 15) is 4.39 Å². The topological polar surface area (TPSA) is 67.6 Å². The highest BCUT2D eigenvalue weighted by Crippen LogP contribution is 1.80. The van der Waals surface area contributed by atoms with Gasteiger partial charge in [-0.1, -0.05) is 0 Å². The van der Waals surface area contributed by atoms with E-state index < -0.39 is 12.6 Å². The summed E-state index contributed by atoms with van der Waals surface area (Å²) in [6.45, 7) is -1.28. The molecule has 0 unspecified atom stereocenters. The molecule has 0 bridgehead atoms. The number of carbonyl (C=O) groups is 1. The monoisotopic (exact) mass is 193 g/mol. The average Bonchev–Trinajstić information content (AvgIpc) is 2.03. The summed E-state index contributed by atoms with van der Waals surface area (Å²) in [5, 5.41) is 14.6. The second kappa shape index (κ2) is 7.33. The second-order valence-corrected chi connectivity index (χ2v) is 2.64. The summed E-state index contributed by atoms with van der Waals surface area (Å²) < 4.78 is 10.5. The van der Waals surface area contributed by atoms with Crippen molar-refractivity contribution < 1.29 is 14.3 Å². The van der Waals surface area contributed by atoms with Crippen LogP contribution in [0, 0.1) is 5.41 Å². The molecule has 0 saturated heterocycles. The molecule has 0 saturated carbocycles. The summed E-state index contributed by atoms with van der Waals surface area (Å²) in [6, 6.07) is 0. The predicted octanol–water partition coefficient (Wildman–Crippen LogP) is 0.0849. The van der Waals surface area contributed by atoms with Gasteiger partial charge < -0.3 is 14.9 Å². The van der Waals surface area contributed by atoms with Crippen molar-refractivity contribution in [1.82, 2.24) is 9.80 Å². The van der Waals surface area contributed by atoms with Gasteiger partial charge in [0.2, 0.25) is 0 Å². The normalized spacial score (nSPS) is 8.08. The zero-order valence-electron chi connectivity index (χ0n) is 8.33. The lowest BCUT2D eigenvalue weighted by Crippen LogP contribution is -2.34. The fourth-order valence-corrected chi connectivity index (χ4v) is 0.400. The molecular weight excluding hydrogens is 177 g/mol. The number of aliphatic carboxylic acids is 1. The van der Waals surface area contributed by atoms with Crippen LogP contribution in [0.4, 0.5) is 4.39 Å². The molecule has 0 rings (SSSR count). The van der Waals surface area contributed by atoms with E-state index in [1.807, 2.05) is 28.2 Å². The van der Waals surface area contributed by atoms with Gasteiger partial charge in [0.25, 0.3) is 0 Å². The van der Waals surface area contributed by atoms with Crippen molar-refractivity contribution in [2.24, 2.45) is 0 Å². The van der Waals surface area contributed by atoms with Gasteiger partial charge in [0.1, 0.15) is 0 Å². The Morgan fingerprint density at radius 1 is 1.31 bits per heavy atom. The first-order valence-corrected chi connectivity index (χ1v) is 3.53. The predicted molar refractivity (Wildman–Crippen MR) is 48.7 cm³/mol. The zero-order chi connectivity index (χ0) is 11.0. The molecule has 13 heavy (non-hydrogen) atoms. The Kier molecular flexibility index (Phi) is 8.01. The fourth-order valence-electron chi connectivity index (χ4n) is 0.400. The van der Waals surface area contributed by atoms with Crippen molar-refractivity contribution in [1.29, 1.82) is 5.41 Å². The number of nitrogens with zero attached hydrogens (tertiary/aromatic N) is 2. The van der Waals surface area contributed by atoms with Crippen LogP contribution in [0.15, 0.2) is 0 Å². The van der Waals surface area contributed by atoms with Gasteiger partial charge in [-0.15, -0.1) is 0 Å². The molecule has 0 aliphatic rings. The van der Waals surface area contributed by atoms with Crippen LogP contribution < -0.4 is 0 Å². The maximum absolute atomic E-state index is 10.5. The van der Waals surface area contributed by atoms with E-state index in [4.69, 9.17) is 15.3 Å². The number of halogens is 1. The van der Waals surface area contributed by atoms with Crippen molar-refractivity contribution in [3.05, 3.63) is 0 Å². The summed E-state index contributed by atoms with van der Waals surface area (Å²) in [5.41, 5.74) is 0. The standard InChI is InChI=1S/C5H13N3.C2H3FO2/c1-7(2)5(6)8(3)4;3-1-2(4)5/h6H,1-4H3;1H2,(H,4,5). The highest BCUT2D eigenvalue weighted by Gasteiger charge is 1.97. The largest absolute Gasteiger partial charge is 0.479 e. The van der Waals surface area contributed by atoms with Crippen LogP contribution in [0.3, 0.4) is 0 Å². The Morgan fingerprint density at radius 3 is 1.54 bits per heavy atom. The molecule has 0 aromatic carbocycles. The molecule has 2 N–H and O–H groups in total. The molecule has 0 aromatic rings. The van der Waals surface area contributed by atoms with Crippen LogP contribution >= 0.6 is 0 Å². The van der Waals surface area contributed by atoms with E-state index >= 15 is 0 Å². The number of carboxylic acids is 1. The van der Waals surface area contributed by atoms with E-state index in [2.05, 4.69) is 0 Å². The van der Waals surface area contributed by atoms with Gasteiger partial charge in [-0.3, -0.25) is 5.41 Å². The van der Waals surface area contributed by atoms with Gasteiger partial charge in [-0.2, -0.15) is 0 Å². The van der Waals surface area contributed by atoms with Gasteiger partial charge in [0.05, 0.1) is 0 Å². The highest BCUT2D eigenvalue weighted by atomic mass is 19.1. The van der Waals surface area contributed by atoms with Crippen molar-refractivity contribution in [2.45, 2.75) is 0 Å². The van der Waals surface area contributed by atoms with Gasteiger partial charge in [-0.25, -0.2) is 9.18 Å². The molecule has 0 aromatic heterocycles. The quantitative estimate of drug-likeness (QED) is 0.457. The Bertz CT molecular complexity index is 161. The fraction of sp³-hybridized carbons (Fsp3) is 0.714. The van der Waals surface area contributed by atoms with Crippen molar-refractivity contribution >= 4 is 11.9 Å². The number of alkyl halides is 1. The first-order chi connectivity index (χ1) is 5.82. The van der Waals surface area contributed by atoms with Gasteiger partial charge >= 0.3 is 5.97 Å². The molecule has 0 aliphatic heterocycles. The minimum Gasteiger partial charge on any atom is -0.479 e. The lowest BCUT2D eigenvalue weighted by Gasteiger charge is -2.19. The SMILES string of the molecule is CN(C)C(=N)N(C)C.O=C(O)CF. The zero-order valence-corrected chi connectivity index (χ0v) is 8.33. The molecule has 0 heterocycles. The van der Waals surface area contributed by atoms with Crippen LogP contribution in [-0.4, -0.2) is 61.7 Å². The lowest BCUT2D eigenvalue weighted by molar-refractivity contribution is -0.137. The van der Waals surface area contributed by atoms with Crippen molar-refractivity contribution in [3.8, 4) is 0 Å². The Hall–Kier alpha value is -1.33. The average molecular weight is 193 g/mol. The van der Waals surface area contributed by atoms with Gasteiger partial charge in [0, 0.05) is 28.2 Å². The summed E-state index contributed by atoms with van der Waals surface area (Å²) in [4.78, 5) is 12.5. The summed E-state index contributed by atoms with van der Waals surface area (Å²) >= 11 is 0. The van der Waals surface area contributed by atoms with Gasteiger partial charge in [0.15, 0.2) is 12.6 Å². The maximum atomic E-state index is 10.5. The Balaban J connectivity index is 0. The molecule has 78 valence electrons. The molecular formula is C7H16FN3O2. The summed E-state index contributed by atoms with van der Waals surface area (Å²) in [7, 11) is 7.40. The Morgan fingerprint density at radius 2 is 1.54 bits per heavy atom. The lowest BCUT2D eigenvalue weighted by atomic mass is 10.7. The molecule has 0 aliphatic carbocycles. The van der Waals surface area contributed by atoms with Crippen molar-refractivity contribution in [3.63, 3.8) is 0 Å². The van der Waals surface area contributed by atoms with E-state index in [0.29, 0.717) is 5.96 Å². The van der Waals surface area contributed by atoms with E-state index in [1.165, 1.54) is 0 Å². The number of hydrogen-bond donors (Lipinski definition) is 2. The minimum atomic E-state index is -1.41. The first-order valence-electron chi connectivity index (χ1n) is 3.53. The smallest absolute Gasteiger partial charge is 0.335 e. The summed E-state index contributed by atoms with van der Waals surface area (Å²) in [5.74, 6) is -0.894. The molecule has 0 atom stereocenters. The summed E-state index contributed by atoms with van der Waals surface area (Å²) in [6.07, 6.45) is 0. The number of guanidine groups is 1. The number of nitrogens with one attached hydrogen (secondary N) is 1. The second-order valence-electron chi connectivity index (χ2n) is 2.64. The van der Waals surface area contributed by atoms with Crippen LogP contribution in [0.1, 0.15) is 0 Å². The Labute approximate surface area is 77.3 Å². The number of carboxylic acid groups (broad SMARTS) is 1. The van der Waals surface area contributed by atoms with Crippen LogP contribution in [0.25, 0.3) is 0 Å². The minimum absolute atomic E-state index is 0.519. The number of hydrogen-bond acceptors (Lipinski definition) is 2. The molecule has 5 nitrogen and oxygen atoms in total. The third-order valence-corrected chi connectivity index (χ3v) is 0.962. The first kappa shape index (κ1) is 14.2. The number of rotatable bonds is 1. The third-order valence-electron chi connectivity index (χ3n) is 0.962. The molecule has 0 radical (unpaired) electrons. The van der Waals surface area contributed by atoms with Gasteiger partial charge in [-0.05, 0) is 0 Å². The van der Waals surface area contributed by atoms with Crippen LogP contribution in [0.5, 0.6) is 0 Å². The van der Waals surface area contributed by atoms with E-state index in [-0.39, 0.29) is 0 Å². The van der Waals surface area contributed by atoms with E-state index in [1.54, 1.807) is 9.80 Å². The van der Waals surface area contributed by atoms with E-state index in [0.717, 1.165) is 0 Å². The van der Waals surface area contributed by atoms with Crippen LogP contribution in [0.2, 0.25) is 0 Å². The maximum Gasteiger partial charge on any atom is 0.335 e. The highest BCUT2D eigenvalue weighted by molar-refractivity contribution is 5.75. The molecule has 0 spiro atoms. The van der Waals surface area contributed by atoms with Crippen LogP contribution in [-0.2, 0) is 4.79 Å². The molecule has 6 heteroatoms. The molecule has 0 amide bonds.